The van der Waals surface area contributed by atoms with Crippen LogP contribution in [0.25, 0.3) is 0 Å². The van der Waals surface area contributed by atoms with Crippen molar-refractivity contribution in [3.05, 3.63) is 29.8 Å². The number of hydrogen-bond donors (Lipinski definition) is 2. The van der Waals surface area contributed by atoms with Crippen LogP contribution < -0.4 is 15.5 Å². The lowest BCUT2D eigenvalue weighted by Crippen LogP contribution is -2.43. The number of piperazine rings is 1. The Hall–Kier alpha value is -1.55. The minimum absolute atomic E-state index is 0.00291. The molecule has 1 saturated heterocycles. The first-order valence-corrected chi connectivity index (χ1v) is 6.53. The molecule has 1 aromatic rings. The van der Waals surface area contributed by atoms with Crippen LogP contribution in [0.4, 0.5) is 5.69 Å². The average molecular weight is 247 g/mol. The third-order valence-corrected chi connectivity index (χ3v) is 3.03. The van der Waals surface area contributed by atoms with E-state index in [0.717, 1.165) is 31.7 Å². The highest BCUT2D eigenvalue weighted by Crippen LogP contribution is 2.15. The van der Waals surface area contributed by atoms with Gasteiger partial charge < -0.3 is 15.5 Å². The molecule has 0 unspecified atom stereocenters. The standard InChI is InChI=1S/C14H21N3O/c1-11(2)16-14(18)12-3-5-13(6-4-12)17-9-7-15-8-10-17/h3-6,11,15H,7-10H2,1-2H3,(H,16,18). The Morgan fingerprint density at radius 1 is 1.22 bits per heavy atom. The van der Waals surface area contributed by atoms with Crippen LogP contribution in [0.3, 0.4) is 0 Å². The largest absolute Gasteiger partial charge is 0.369 e. The van der Waals surface area contributed by atoms with E-state index in [0.29, 0.717) is 0 Å². The summed E-state index contributed by atoms with van der Waals surface area (Å²) in [5, 5.41) is 6.23. The van der Waals surface area contributed by atoms with Crippen molar-refractivity contribution in [1.82, 2.24) is 10.6 Å². The maximum Gasteiger partial charge on any atom is 0.251 e. The summed E-state index contributed by atoms with van der Waals surface area (Å²) in [4.78, 5) is 14.1. The molecule has 4 nitrogen and oxygen atoms in total. The quantitative estimate of drug-likeness (QED) is 0.844. The molecule has 0 aromatic heterocycles. The van der Waals surface area contributed by atoms with Gasteiger partial charge >= 0.3 is 0 Å². The van der Waals surface area contributed by atoms with Crippen LogP contribution in [0, 0.1) is 0 Å². The molecule has 98 valence electrons. The van der Waals surface area contributed by atoms with Gasteiger partial charge in [0, 0.05) is 43.5 Å². The van der Waals surface area contributed by atoms with E-state index in [1.807, 2.05) is 38.1 Å². The molecule has 0 spiro atoms. The Balaban J connectivity index is 2.02. The number of rotatable bonds is 3. The fourth-order valence-corrected chi connectivity index (χ4v) is 2.09. The van der Waals surface area contributed by atoms with Crippen LogP contribution >= 0.6 is 0 Å². The topological polar surface area (TPSA) is 44.4 Å². The predicted octanol–water partition coefficient (Wildman–Crippen LogP) is 1.23. The van der Waals surface area contributed by atoms with E-state index < -0.39 is 0 Å². The molecule has 1 fully saturated rings. The molecule has 2 N–H and O–H groups in total. The predicted molar refractivity (Wildman–Crippen MR) is 74.1 cm³/mol. The van der Waals surface area contributed by atoms with Gasteiger partial charge in [-0.3, -0.25) is 4.79 Å². The number of benzene rings is 1. The average Bonchev–Trinajstić information content (AvgIpc) is 2.39. The Bertz CT molecular complexity index is 394. The minimum Gasteiger partial charge on any atom is -0.369 e. The normalized spacial score (nSPS) is 15.8. The van der Waals surface area contributed by atoms with Crippen molar-refractivity contribution in [2.24, 2.45) is 0 Å². The minimum atomic E-state index is -0.00291. The third-order valence-electron chi connectivity index (χ3n) is 3.03. The van der Waals surface area contributed by atoms with Gasteiger partial charge in [0.05, 0.1) is 0 Å². The Kier molecular flexibility index (Phi) is 4.20. The molecule has 4 heteroatoms. The highest BCUT2D eigenvalue weighted by Gasteiger charge is 2.11. The Morgan fingerprint density at radius 3 is 2.39 bits per heavy atom. The highest BCUT2D eigenvalue weighted by molar-refractivity contribution is 5.94. The van der Waals surface area contributed by atoms with Crippen LogP contribution in [-0.2, 0) is 0 Å². The molecule has 0 aliphatic carbocycles. The molecule has 1 aliphatic rings. The molecule has 1 aromatic carbocycles. The zero-order chi connectivity index (χ0) is 13.0. The summed E-state index contributed by atoms with van der Waals surface area (Å²) in [6.07, 6.45) is 0. The molecule has 1 aliphatic heterocycles. The Morgan fingerprint density at radius 2 is 1.83 bits per heavy atom. The summed E-state index contributed by atoms with van der Waals surface area (Å²) in [6.45, 7) is 8.03. The maximum absolute atomic E-state index is 11.8. The fourth-order valence-electron chi connectivity index (χ4n) is 2.09. The highest BCUT2D eigenvalue weighted by atomic mass is 16.1. The van der Waals surface area contributed by atoms with Crippen LogP contribution in [0.2, 0.25) is 0 Å². The first kappa shape index (κ1) is 12.9. The van der Waals surface area contributed by atoms with Gasteiger partial charge in [0.25, 0.3) is 5.91 Å². The van der Waals surface area contributed by atoms with Gasteiger partial charge in [0.2, 0.25) is 0 Å². The number of nitrogens with zero attached hydrogens (tertiary/aromatic N) is 1. The summed E-state index contributed by atoms with van der Waals surface area (Å²) in [5.74, 6) is -0.00291. The van der Waals surface area contributed by atoms with Crippen molar-refractivity contribution < 1.29 is 4.79 Å². The van der Waals surface area contributed by atoms with Crippen molar-refractivity contribution in [2.75, 3.05) is 31.1 Å². The number of nitrogens with one attached hydrogen (secondary N) is 2. The summed E-state index contributed by atoms with van der Waals surface area (Å²) in [5.41, 5.74) is 1.92. The van der Waals surface area contributed by atoms with E-state index in [1.165, 1.54) is 5.69 Å². The molecular weight excluding hydrogens is 226 g/mol. The van der Waals surface area contributed by atoms with Crippen LogP contribution in [0.1, 0.15) is 24.2 Å². The molecule has 0 bridgehead atoms. The number of carbonyl (C=O) groups excluding carboxylic acids is 1. The molecule has 18 heavy (non-hydrogen) atoms. The van der Waals surface area contributed by atoms with Gasteiger partial charge in [-0.05, 0) is 38.1 Å². The molecule has 1 heterocycles. The van der Waals surface area contributed by atoms with Gasteiger partial charge in [0.1, 0.15) is 0 Å². The second-order valence-corrected chi connectivity index (χ2v) is 4.91. The summed E-state index contributed by atoms with van der Waals surface area (Å²) >= 11 is 0. The molecule has 1 amide bonds. The lowest BCUT2D eigenvalue weighted by atomic mass is 10.1. The zero-order valence-electron chi connectivity index (χ0n) is 11.1. The zero-order valence-corrected chi connectivity index (χ0v) is 11.1. The maximum atomic E-state index is 11.8. The molecule has 0 atom stereocenters. The number of hydrogen-bond acceptors (Lipinski definition) is 3. The van der Waals surface area contributed by atoms with Gasteiger partial charge in [-0.15, -0.1) is 0 Å². The molecule has 0 saturated carbocycles. The van der Waals surface area contributed by atoms with E-state index in [4.69, 9.17) is 0 Å². The van der Waals surface area contributed by atoms with Crippen molar-refractivity contribution in [3.63, 3.8) is 0 Å². The van der Waals surface area contributed by atoms with E-state index in [9.17, 15) is 4.79 Å². The van der Waals surface area contributed by atoms with E-state index in [1.54, 1.807) is 0 Å². The van der Waals surface area contributed by atoms with Crippen molar-refractivity contribution in [1.29, 1.82) is 0 Å². The third kappa shape index (κ3) is 3.23. The number of anilines is 1. The van der Waals surface area contributed by atoms with Crippen molar-refractivity contribution >= 4 is 11.6 Å². The lowest BCUT2D eigenvalue weighted by Gasteiger charge is -2.29. The summed E-state index contributed by atoms with van der Waals surface area (Å²) in [6, 6.07) is 8.02. The molecule has 2 rings (SSSR count). The summed E-state index contributed by atoms with van der Waals surface area (Å²) < 4.78 is 0. The van der Waals surface area contributed by atoms with E-state index in [2.05, 4.69) is 15.5 Å². The van der Waals surface area contributed by atoms with E-state index >= 15 is 0 Å². The smallest absolute Gasteiger partial charge is 0.251 e. The summed E-state index contributed by atoms with van der Waals surface area (Å²) in [7, 11) is 0. The molecular formula is C14H21N3O. The Labute approximate surface area is 108 Å². The lowest BCUT2D eigenvalue weighted by molar-refractivity contribution is 0.0943. The van der Waals surface area contributed by atoms with E-state index in [-0.39, 0.29) is 11.9 Å². The SMILES string of the molecule is CC(C)NC(=O)c1ccc(N2CCNCC2)cc1. The first-order chi connectivity index (χ1) is 8.66. The van der Waals surface area contributed by atoms with Gasteiger partial charge in [-0.1, -0.05) is 0 Å². The molecule has 0 radical (unpaired) electrons. The fraction of sp³-hybridized carbons (Fsp3) is 0.500. The van der Waals surface area contributed by atoms with Crippen molar-refractivity contribution in [3.8, 4) is 0 Å². The number of carbonyl (C=O) groups is 1. The van der Waals surface area contributed by atoms with Crippen LogP contribution in [-0.4, -0.2) is 38.1 Å². The van der Waals surface area contributed by atoms with Gasteiger partial charge in [0.15, 0.2) is 0 Å². The van der Waals surface area contributed by atoms with Crippen LogP contribution in [0.5, 0.6) is 0 Å². The first-order valence-electron chi connectivity index (χ1n) is 6.53. The van der Waals surface area contributed by atoms with Crippen LogP contribution in [0.15, 0.2) is 24.3 Å². The second-order valence-electron chi connectivity index (χ2n) is 4.91. The van der Waals surface area contributed by atoms with Crippen molar-refractivity contribution in [2.45, 2.75) is 19.9 Å². The van der Waals surface area contributed by atoms with Gasteiger partial charge in [-0.25, -0.2) is 0 Å². The monoisotopic (exact) mass is 247 g/mol. The van der Waals surface area contributed by atoms with Gasteiger partial charge in [-0.2, -0.15) is 0 Å². The second kappa shape index (κ2) is 5.87. The number of amides is 1.